The lowest BCUT2D eigenvalue weighted by Gasteiger charge is -2.45. The molecule has 3 aromatic carbocycles. The summed E-state index contributed by atoms with van der Waals surface area (Å²) in [5.74, 6) is -2.55. The Bertz CT molecular complexity index is 1170. The Morgan fingerprint density at radius 3 is 1.59 bits per heavy atom. The van der Waals surface area contributed by atoms with Gasteiger partial charge in [0.2, 0.25) is 11.8 Å². The molecule has 0 N–H and O–H groups in total. The van der Waals surface area contributed by atoms with Crippen LogP contribution in [0, 0.1) is 11.8 Å². The molecule has 1 fully saturated rings. The number of carbonyl (C=O) groups is 3. The maximum Gasteiger partial charge on any atom is 0.238 e. The first-order valence-electron chi connectivity index (χ1n) is 10.5. The average Bonchev–Trinajstić information content (AvgIpc) is 3.09. The molecule has 3 aliphatic carbocycles. The molecular formula is C26H18NO5-. The van der Waals surface area contributed by atoms with Gasteiger partial charge in [0.1, 0.15) is 12.4 Å². The number of benzene rings is 3. The molecule has 2 atom stereocenters. The Morgan fingerprint density at radius 1 is 0.750 bits per heavy atom. The maximum absolute atomic E-state index is 13.6. The van der Waals surface area contributed by atoms with Gasteiger partial charge in [0, 0.05) is 11.8 Å². The van der Waals surface area contributed by atoms with Crippen LogP contribution < -0.4 is 14.7 Å². The van der Waals surface area contributed by atoms with Crippen molar-refractivity contribution < 1.29 is 24.2 Å². The van der Waals surface area contributed by atoms with Crippen LogP contribution in [0.5, 0.6) is 5.75 Å². The van der Waals surface area contributed by atoms with Gasteiger partial charge >= 0.3 is 0 Å². The minimum Gasteiger partial charge on any atom is -0.546 e. The van der Waals surface area contributed by atoms with Gasteiger partial charge in [-0.25, -0.2) is 4.90 Å². The maximum atomic E-state index is 13.6. The lowest BCUT2D eigenvalue weighted by molar-refractivity contribution is -0.307. The van der Waals surface area contributed by atoms with Crippen molar-refractivity contribution in [1.82, 2.24) is 0 Å². The van der Waals surface area contributed by atoms with Gasteiger partial charge < -0.3 is 14.6 Å². The van der Waals surface area contributed by atoms with E-state index >= 15 is 0 Å². The molecule has 7 rings (SSSR count). The summed E-state index contributed by atoms with van der Waals surface area (Å²) < 4.78 is 5.11. The Kier molecular flexibility index (Phi) is 3.99. The fourth-order valence-corrected chi connectivity index (χ4v) is 5.77. The van der Waals surface area contributed by atoms with Crippen LogP contribution in [0.25, 0.3) is 0 Å². The highest BCUT2D eigenvalue weighted by atomic mass is 16.5. The van der Waals surface area contributed by atoms with Crippen LogP contribution in [0.4, 0.5) is 5.69 Å². The fourth-order valence-electron chi connectivity index (χ4n) is 5.77. The zero-order chi connectivity index (χ0) is 22.0. The molecule has 0 aromatic heterocycles. The van der Waals surface area contributed by atoms with Crippen LogP contribution in [0.1, 0.15) is 34.1 Å². The summed E-state index contributed by atoms with van der Waals surface area (Å²) in [6.07, 6.45) is 0. The summed E-state index contributed by atoms with van der Waals surface area (Å²) in [6.45, 7) is -0.565. The number of carboxylic acid groups (broad SMARTS) is 1. The minimum absolute atomic E-state index is 0.149. The average molecular weight is 424 g/mol. The van der Waals surface area contributed by atoms with Crippen LogP contribution in [-0.4, -0.2) is 24.4 Å². The third-order valence-corrected chi connectivity index (χ3v) is 6.90. The van der Waals surface area contributed by atoms with Crippen LogP contribution >= 0.6 is 0 Å². The molecule has 1 saturated heterocycles. The number of nitrogens with zero attached hydrogens (tertiary/aromatic N) is 1. The normalized spacial score (nSPS) is 24.7. The Morgan fingerprint density at radius 2 is 1.19 bits per heavy atom. The molecule has 6 nitrogen and oxygen atoms in total. The van der Waals surface area contributed by atoms with E-state index in [0.717, 1.165) is 22.3 Å². The molecule has 0 saturated carbocycles. The first-order valence-corrected chi connectivity index (χ1v) is 10.5. The summed E-state index contributed by atoms with van der Waals surface area (Å²) in [6, 6.07) is 22.6. The summed E-state index contributed by atoms with van der Waals surface area (Å²) >= 11 is 0. The van der Waals surface area contributed by atoms with Crippen molar-refractivity contribution in [1.29, 1.82) is 0 Å². The second kappa shape index (κ2) is 6.79. The Labute approximate surface area is 184 Å². The van der Waals surface area contributed by atoms with E-state index in [9.17, 15) is 19.5 Å². The van der Waals surface area contributed by atoms with E-state index in [1.165, 1.54) is 4.90 Å². The lowest BCUT2D eigenvalue weighted by Crippen LogP contribution is -2.41. The molecular weight excluding hydrogens is 406 g/mol. The van der Waals surface area contributed by atoms with Crippen molar-refractivity contribution >= 4 is 23.5 Å². The predicted octanol–water partition coefficient (Wildman–Crippen LogP) is 2.21. The molecule has 158 valence electrons. The van der Waals surface area contributed by atoms with Crippen LogP contribution in [-0.2, 0) is 14.4 Å². The molecule has 1 heterocycles. The van der Waals surface area contributed by atoms with Gasteiger partial charge in [-0.05, 0) is 46.5 Å². The number of carbonyl (C=O) groups excluding carboxylic acids is 3. The van der Waals surface area contributed by atoms with Gasteiger partial charge in [-0.3, -0.25) is 9.59 Å². The molecule has 0 spiro atoms. The van der Waals surface area contributed by atoms with Gasteiger partial charge in [0.25, 0.3) is 0 Å². The summed E-state index contributed by atoms with van der Waals surface area (Å²) in [7, 11) is 0. The molecule has 2 bridgehead atoms. The SMILES string of the molecule is O=C([O-])COc1ccc(N2C(=O)[C@H]3C4c5ccccc5C(c5ccccc54)[C@@H]3C2=O)cc1. The van der Waals surface area contributed by atoms with Gasteiger partial charge in [0.05, 0.1) is 23.5 Å². The number of hydrogen-bond donors (Lipinski definition) is 0. The number of hydrogen-bond acceptors (Lipinski definition) is 5. The number of anilines is 1. The van der Waals surface area contributed by atoms with Gasteiger partial charge in [-0.15, -0.1) is 0 Å². The number of amides is 2. The van der Waals surface area contributed by atoms with Crippen molar-refractivity contribution in [2.24, 2.45) is 11.8 Å². The monoisotopic (exact) mass is 424 g/mol. The molecule has 4 aliphatic rings. The first-order chi connectivity index (χ1) is 15.6. The highest BCUT2D eigenvalue weighted by Gasteiger charge is 2.61. The minimum atomic E-state index is -1.32. The van der Waals surface area contributed by atoms with Crippen molar-refractivity contribution in [2.75, 3.05) is 11.5 Å². The van der Waals surface area contributed by atoms with Crippen LogP contribution in [0.15, 0.2) is 72.8 Å². The largest absolute Gasteiger partial charge is 0.546 e. The van der Waals surface area contributed by atoms with Crippen molar-refractivity contribution in [2.45, 2.75) is 11.8 Å². The smallest absolute Gasteiger partial charge is 0.238 e. The van der Waals surface area contributed by atoms with Crippen molar-refractivity contribution in [3.63, 3.8) is 0 Å². The summed E-state index contributed by atoms with van der Waals surface area (Å²) in [4.78, 5) is 39.2. The fraction of sp³-hybridized carbons (Fsp3) is 0.192. The third-order valence-electron chi connectivity index (χ3n) is 6.90. The van der Waals surface area contributed by atoms with Crippen LogP contribution in [0.2, 0.25) is 0 Å². The van der Waals surface area contributed by atoms with E-state index in [1.54, 1.807) is 24.3 Å². The highest BCUT2D eigenvalue weighted by Crippen LogP contribution is 2.61. The second-order valence-electron chi connectivity index (χ2n) is 8.43. The standard InChI is InChI=1S/C26H19NO5/c28-20(29)13-32-15-11-9-14(10-12-15)27-25(30)23-21-16-5-1-2-6-17(16)22(24(23)26(27)31)19-8-4-3-7-18(19)21/h1-12,21-24H,13H2,(H,28,29)/p-1/t21?,22?,23-,24-/m0/s1. The van der Waals surface area contributed by atoms with E-state index in [2.05, 4.69) is 24.3 Å². The van der Waals surface area contributed by atoms with E-state index in [4.69, 9.17) is 4.74 Å². The van der Waals surface area contributed by atoms with E-state index in [0.29, 0.717) is 11.4 Å². The summed E-state index contributed by atoms with van der Waals surface area (Å²) in [5.41, 5.74) is 4.98. The topological polar surface area (TPSA) is 86.7 Å². The molecule has 6 heteroatoms. The predicted molar refractivity (Wildman–Crippen MR) is 113 cm³/mol. The summed E-state index contributed by atoms with van der Waals surface area (Å²) in [5, 5.41) is 10.6. The quantitative estimate of drug-likeness (QED) is 0.600. The molecule has 3 aromatic rings. The lowest BCUT2D eigenvalue weighted by atomic mass is 9.55. The third kappa shape index (κ3) is 2.49. The Hall–Kier alpha value is -3.93. The van der Waals surface area contributed by atoms with Crippen molar-refractivity contribution in [3.05, 3.63) is 95.1 Å². The number of carboxylic acids is 1. The highest BCUT2D eigenvalue weighted by molar-refractivity contribution is 6.23. The number of ether oxygens (including phenoxy) is 1. The molecule has 0 radical (unpaired) electrons. The van der Waals surface area contributed by atoms with Gasteiger partial charge in [0.15, 0.2) is 0 Å². The van der Waals surface area contributed by atoms with Gasteiger partial charge in [-0.2, -0.15) is 0 Å². The van der Waals surface area contributed by atoms with Crippen molar-refractivity contribution in [3.8, 4) is 5.75 Å². The zero-order valence-electron chi connectivity index (χ0n) is 16.9. The van der Waals surface area contributed by atoms with E-state index in [1.807, 2.05) is 24.3 Å². The molecule has 1 aliphatic heterocycles. The molecule has 32 heavy (non-hydrogen) atoms. The first kappa shape index (κ1) is 18.8. The van der Waals surface area contributed by atoms with E-state index < -0.39 is 24.4 Å². The Balaban J connectivity index is 1.41. The van der Waals surface area contributed by atoms with E-state index in [-0.39, 0.29) is 23.7 Å². The number of rotatable bonds is 4. The van der Waals surface area contributed by atoms with Gasteiger partial charge in [-0.1, -0.05) is 48.5 Å². The number of imide groups is 1. The molecule has 0 unspecified atom stereocenters. The second-order valence-corrected chi connectivity index (χ2v) is 8.43. The zero-order valence-corrected chi connectivity index (χ0v) is 16.9. The van der Waals surface area contributed by atoms with Crippen LogP contribution in [0.3, 0.4) is 0 Å². The number of aliphatic carboxylic acids is 1. The molecule has 2 amide bonds.